The Balaban J connectivity index is 0.939. The Hall–Kier alpha value is -7.22. The molecule has 1 heteroatoms. The van der Waals surface area contributed by atoms with Crippen molar-refractivity contribution in [2.45, 2.75) is 24.7 Å². The minimum absolute atomic E-state index is 0.0947. The summed E-state index contributed by atoms with van der Waals surface area (Å²) < 4.78 is 0. The van der Waals surface area contributed by atoms with Gasteiger partial charge >= 0.3 is 0 Å². The van der Waals surface area contributed by atoms with Crippen molar-refractivity contribution >= 4 is 17.1 Å². The van der Waals surface area contributed by atoms with Crippen LogP contribution in [0.2, 0.25) is 0 Å². The van der Waals surface area contributed by atoms with Gasteiger partial charge in [0.05, 0.1) is 5.41 Å². The fourth-order valence-electron chi connectivity index (χ4n) is 11.4. The van der Waals surface area contributed by atoms with Crippen molar-refractivity contribution < 1.29 is 0 Å². The first-order valence-corrected chi connectivity index (χ1v) is 20.8. The molecule has 0 aliphatic heterocycles. The summed E-state index contributed by atoms with van der Waals surface area (Å²) in [5.41, 5.74) is 27.3. The molecule has 0 bridgehead atoms. The molecule has 1 nitrogen and oxygen atoms in total. The molecule has 0 amide bonds. The van der Waals surface area contributed by atoms with Crippen molar-refractivity contribution in [1.29, 1.82) is 0 Å². The first kappa shape index (κ1) is 32.8. The fraction of sp³-hybridized carbons (Fsp3) is 0.0690. The summed E-state index contributed by atoms with van der Waals surface area (Å²) in [6, 6.07) is 75.0. The van der Waals surface area contributed by atoms with Crippen LogP contribution in [-0.4, -0.2) is 0 Å². The topological polar surface area (TPSA) is 3.24 Å². The summed E-state index contributed by atoms with van der Waals surface area (Å²) in [6.07, 6.45) is 0. The number of hydrogen-bond donors (Lipinski definition) is 0. The highest BCUT2D eigenvalue weighted by Gasteiger charge is 2.57. The Morgan fingerprint density at radius 2 is 0.712 bits per heavy atom. The number of anilines is 3. The van der Waals surface area contributed by atoms with Crippen LogP contribution in [0, 0.1) is 0 Å². The van der Waals surface area contributed by atoms with E-state index in [0.29, 0.717) is 0 Å². The molecule has 59 heavy (non-hydrogen) atoms. The molecule has 0 N–H and O–H groups in total. The molecule has 4 aliphatic rings. The predicted molar refractivity (Wildman–Crippen MR) is 245 cm³/mol. The second-order valence-electron chi connectivity index (χ2n) is 17.2. The van der Waals surface area contributed by atoms with Gasteiger partial charge in [0.15, 0.2) is 0 Å². The highest BCUT2D eigenvalue weighted by atomic mass is 15.1. The van der Waals surface area contributed by atoms with Gasteiger partial charge in [-0.15, -0.1) is 0 Å². The van der Waals surface area contributed by atoms with Crippen LogP contribution in [-0.2, 0) is 10.8 Å². The Morgan fingerprint density at radius 1 is 0.288 bits per heavy atom. The summed E-state index contributed by atoms with van der Waals surface area (Å²) in [4.78, 5) is 2.42. The van der Waals surface area contributed by atoms with Gasteiger partial charge in [-0.2, -0.15) is 0 Å². The third kappa shape index (κ3) is 4.24. The van der Waals surface area contributed by atoms with E-state index in [1.807, 2.05) is 0 Å². The standard InChI is InChI=1S/C58H39N/c1-57(2)51-20-8-6-14-43(51)45-33-31-42(35-53(45)57)59(40-27-22-37(23-28-40)36-12-4-3-5-13-36)41-29-24-38(25-30-41)39-26-32-46-48-17-11-19-50-49-18-10-16-47-44-15-7-9-21-52(44)58(55(47)49,56(48)50)54(46)34-39/h3-35H,1-2H3. The maximum Gasteiger partial charge on any atom is 0.0737 e. The van der Waals surface area contributed by atoms with Gasteiger partial charge < -0.3 is 4.90 Å². The van der Waals surface area contributed by atoms with Gasteiger partial charge in [-0.1, -0.05) is 172 Å². The zero-order valence-electron chi connectivity index (χ0n) is 33.0. The van der Waals surface area contributed by atoms with Gasteiger partial charge in [0.25, 0.3) is 0 Å². The fourth-order valence-corrected chi connectivity index (χ4v) is 11.4. The molecule has 1 spiro atoms. The van der Waals surface area contributed by atoms with E-state index in [9.17, 15) is 0 Å². The molecule has 276 valence electrons. The van der Waals surface area contributed by atoms with Crippen LogP contribution in [0.5, 0.6) is 0 Å². The van der Waals surface area contributed by atoms with Crippen molar-refractivity contribution in [1.82, 2.24) is 0 Å². The summed E-state index contributed by atoms with van der Waals surface area (Å²) >= 11 is 0. The van der Waals surface area contributed by atoms with E-state index in [1.54, 1.807) is 0 Å². The van der Waals surface area contributed by atoms with Gasteiger partial charge in [0, 0.05) is 22.5 Å². The number of hydrogen-bond acceptors (Lipinski definition) is 1. The average molecular weight is 750 g/mol. The molecule has 0 heterocycles. The summed E-state index contributed by atoms with van der Waals surface area (Å²) in [6.45, 7) is 4.72. The Kier molecular flexibility index (Phi) is 6.50. The lowest BCUT2D eigenvalue weighted by Crippen LogP contribution is -2.23. The van der Waals surface area contributed by atoms with Crippen LogP contribution < -0.4 is 4.90 Å². The van der Waals surface area contributed by atoms with Gasteiger partial charge in [0.2, 0.25) is 0 Å². The molecule has 0 saturated carbocycles. The quantitative estimate of drug-likeness (QED) is 0.169. The second-order valence-corrected chi connectivity index (χ2v) is 17.2. The van der Waals surface area contributed by atoms with E-state index in [2.05, 4.69) is 219 Å². The highest BCUT2D eigenvalue weighted by molar-refractivity contribution is 6.06. The molecule has 0 aromatic heterocycles. The molecule has 1 unspecified atom stereocenters. The number of rotatable bonds is 5. The first-order valence-electron chi connectivity index (χ1n) is 20.8. The van der Waals surface area contributed by atoms with E-state index >= 15 is 0 Å². The van der Waals surface area contributed by atoms with Gasteiger partial charge in [-0.3, -0.25) is 0 Å². The van der Waals surface area contributed by atoms with Crippen LogP contribution >= 0.6 is 0 Å². The molecule has 9 aromatic carbocycles. The molecule has 0 saturated heterocycles. The average Bonchev–Trinajstić information content (AvgIpc) is 3.96. The number of fused-ring (bicyclic) bond motifs is 8. The largest absolute Gasteiger partial charge is 0.310 e. The molecule has 1 atom stereocenters. The zero-order valence-corrected chi connectivity index (χ0v) is 33.0. The van der Waals surface area contributed by atoms with Crippen LogP contribution in [0.3, 0.4) is 0 Å². The van der Waals surface area contributed by atoms with Gasteiger partial charge in [0.1, 0.15) is 0 Å². The Bertz CT molecular complexity index is 3190. The van der Waals surface area contributed by atoms with E-state index in [-0.39, 0.29) is 10.8 Å². The van der Waals surface area contributed by atoms with Crippen LogP contribution in [0.1, 0.15) is 47.2 Å². The molecule has 9 aromatic rings. The van der Waals surface area contributed by atoms with Crippen molar-refractivity contribution in [2.75, 3.05) is 4.90 Å². The van der Waals surface area contributed by atoms with E-state index in [1.165, 1.54) is 100 Å². The van der Waals surface area contributed by atoms with Gasteiger partial charge in [-0.05, 0) is 143 Å². The maximum absolute atomic E-state index is 2.50. The van der Waals surface area contributed by atoms with Crippen molar-refractivity contribution in [3.63, 3.8) is 0 Å². The summed E-state index contributed by atoms with van der Waals surface area (Å²) in [5.74, 6) is 0. The van der Waals surface area contributed by atoms with Crippen LogP contribution in [0.4, 0.5) is 17.1 Å². The number of nitrogens with zero attached hydrogens (tertiary/aromatic N) is 1. The second kappa shape index (κ2) is 11.7. The lowest BCUT2D eigenvalue weighted by molar-refractivity contribution is 0.660. The van der Waals surface area contributed by atoms with Crippen molar-refractivity contribution in [3.8, 4) is 66.8 Å². The SMILES string of the molecule is CC1(C)c2ccccc2-c2ccc(N(c3ccc(-c4ccccc4)cc3)c3ccc(-c4ccc5c(c4)C46c7ccccc7-c7cccc(c74)-c4cccc-5c46)cc3)cc21. The summed E-state index contributed by atoms with van der Waals surface area (Å²) in [7, 11) is 0. The van der Waals surface area contributed by atoms with Crippen LogP contribution in [0.25, 0.3) is 66.8 Å². The van der Waals surface area contributed by atoms with E-state index < -0.39 is 0 Å². The molecule has 0 fully saturated rings. The Labute approximate surface area is 345 Å². The highest BCUT2D eigenvalue weighted by Crippen LogP contribution is 2.70. The lowest BCUT2D eigenvalue weighted by Gasteiger charge is -2.28. The molecular weight excluding hydrogens is 711 g/mol. The Morgan fingerprint density at radius 3 is 1.36 bits per heavy atom. The van der Waals surface area contributed by atoms with E-state index in [4.69, 9.17) is 0 Å². The molecule has 4 aliphatic carbocycles. The third-order valence-electron chi connectivity index (χ3n) is 14.0. The molecular formula is C58H39N. The maximum atomic E-state index is 2.50. The smallest absolute Gasteiger partial charge is 0.0737 e. The normalized spacial score (nSPS) is 16.2. The minimum atomic E-state index is -0.288. The molecule has 0 radical (unpaired) electrons. The van der Waals surface area contributed by atoms with Crippen molar-refractivity contribution in [2.24, 2.45) is 0 Å². The third-order valence-corrected chi connectivity index (χ3v) is 14.0. The van der Waals surface area contributed by atoms with Crippen molar-refractivity contribution in [3.05, 3.63) is 234 Å². The zero-order chi connectivity index (χ0) is 39.0. The van der Waals surface area contributed by atoms with E-state index in [0.717, 1.165) is 17.1 Å². The predicted octanol–water partition coefficient (Wildman–Crippen LogP) is 15.1. The minimum Gasteiger partial charge on any atom is -0.310 e. The number of benzene rings is 9. The summed E-state index contributed by atoms with van der Waals surface area (Å²) in [5, 5.41) is 0. The first-order chi connectivity index (χ1) is 29.0. The lowest BCUT2D eigenvalue weighted by atomic mass is 9.73. The van der Waals surface area contributed by atoms with Gasteiger partial charge in [-0.25, -0.2) is 0 Å². The van der Waals surface area contributed by atoms with Crippen LogP contribution in [0.15, 0.2) is 200 Å². The monoisotopic (exact) mass is 749 g/mol. The molecule has 13 rings (SSSR count).